The Morgan fingerprint density at radius 2 is 1.48 bits per heavy atom. The zero-order valence-corrected chi connectivity index (χ0v) is 18.3. The van der Waals surface area contributed by atoms with Crippen LogP contribution in [0.3, 0.4) is 0 Å². The molecule has 5 heteroatoms. The smallest absolute Gasteiger partial charge is 0.222 e. The third kappa shape index (κ3) is 4.08. The summed E-state index contributed by atoms with van der Waals surface area (Å²) in [7, 11) is 0. The summed E-state index contributed by atoms with van der Waals surface area (Å²) >= 11 is 0. The van der Waals surface area contributed by atoms with E-state index in [1.54, 1.807) is 0 Å². The van der Waals surface area contributed by atoms with Crippen molar-refractivity contribution >= 4 is 45.7 Å². The molecule has 5 nitrogen and oxygen atoms in total. The Morgan fingerprint density at radius 1 is 0.818 bits per heavy atom. The molecule has 0 fully saturated rings. The lowest BCUT2D eigenvalue weighted by Crippen LogP contribution is -2.06. The number of hydrogen-bond donors (Lipinski definition) is 2. The molecule has 0 atom stereocenters. The normalized spacial score (nSPS) is 11.0. The van der Waals surface area contributed by atoms with Crippen molar-refractivity contribution in [3.8, 4) is 0 Å². The molecular formula is C28H25N5. The number of fused-ring (bicyclic) bond motifs is 3. The molecule has 5 aromatic rings. The van der Waals surface area contributed by atoms with Crippen molar-refractivity contribution in [3.05, 3.63) is 108 Å². The molecule has 3 N–H and O–H groups in total. The van der Waals surface area contributed by atoms with Crippen molar-refractivity contribution in [1.82, 2.24) is 14.5 Å². The Kier molecular flexibility index (Phi) is 5.37. The van der Waals surface area contributed by atoms with Crippen LogP contribution in [0.25, 0.3) is 34.0 Å². The molecular weight excluding hydrogens is 406 g/mol. The highest BCUT2D eigenvalue weighted by Crippen LogP contribution is 2.31. The van der Waals surface area contributed by atoms with Gasteiger partial charge >= 0.3 is 0 Å². The summed E-state index contributed by atoms with van der Waals surface area (Å²) in [6.45, 7) is 9.05. The fourth-order valence-electron chi connectivity index (χ4n) is 4.10. The molecule has 0 aliphatic rings. The van der Waals surface area contributed by atoms with Crippen molar-refractivity contribution in [2.45, 2.75) is 13.1 Å². The topological polar surface area (TPSA) is 68.8 Å². The van der Waals surface area contributed by atoms with Gasteiger partial charge in [-0.15, -0.1) is 0 Å². The second-order valence-electron chi connectivity index (χ2n) is 8.01. The second-order valence-corrected chi connectivity index (χ2v) is 8.01. The predicted octanol–water partition coefficient (Wildman–Crippen LogP) is 6.11. The maximum atomic E-state index is 6.02. The highest BCUT2D eigenvalue weighted by molar-refractivity contribution is 6.11. The molecule has 162 valence electrons. The largest absolute Gasteiger partial charge is 0.368 e. The number of benzene rings is 3. The first-order chi connectivity index (χ1) is 16.1. The molecule has 5 rings (SSSR count). The fraction of sp³-hybridized carbons (Fsp3) is 0.0714. The lowest BCUT2D eigenvalue weighted by Gasteiger charge is -2.12. The molecule has 0 radical (unpaired) electrons. The maximum Gasteiger partial charge on any atom is 0.222 e. The first-order valence-corrected chi connectivity index (χ1v) is 10.9. The number of aromatic nitrogens is 3. The van der Waals surface area contributed by atoms with Gasteiger partial charge in [-0.05, 0) is 40.5 Å². The summed E-state index contributed by atoms with van der Waals surface area (Å²) in [6, 6.07) is 23.0. The first-order valence-electron chi connectivity index (χ1n) is 10.9. The van der Waals surface area contributed by atoms with Gasteiger partial charge in [0.25, 0.3) is 0 Å². The SMILES string of the molecule is C=Cc1ccc(CNc2nc(N)nc3ccc4c(ccn4Cc4ccc(C=C)cc4)c23)cc1. The van der Waals surface area contributed by atoms with E-state index in [1.807, 2.05) is 18.2 Å². The summed E-state index contributed by atoms with van der Waals surface area (Å²) in [5, 5.41) is 5.54. The minimum absolute atomic E-state index is 0.257. The molecule has 0 aliphatic heterocycles. The molecule has 0 spiro atoms. The van der Waals surface area contributed by atoms with Crippen LogP contribution in [0.2, 0.25) is 0 Å². The quantitative estimate of drug-likeness (QED) is 0.326. The number of hydrogen-bond acceptors (Lipinski definition) is 4. The molecule has 2 aromatic heterocycles. The number of nitrogens with zero attached hydrogens (tertiary/aromatic N) is 3. The molecule has 0 saturated heterocycles. The van der Waals surface area contributed by atoms with Crippen LogP contribution in [0.5, 0.6) is 0 Å². The third-order valence-electron chi connectivity index (χ3n) is 5.87. The van der Waals surface area contributed by atoms with Crippen LogP contribution in [0.4, 0.5) is 11.8 Å². The average molecular weight is 432 g/mol. The van der Waals surface area contributed by atoms with Gasteiger partial charge < -0.3 is 15.6 Å². The van der Waals surface area contributed by atoms with E-state index in [1.165, 1.54) is 5.56 Å². The first kappa shape index (κ1) is 20.5. The van der Waals surface area contributed by atoms with Gasteiger partial charge in [0.15, 0.2) is 0 Å². The minimum Gasteiger partial charge on any atom is -0.368 e. The van der Waals surface area contributed by atoms with E-state index in [-0.39, 0.29) is 5.95 Å². The maximum absolute atomic E-state index is 6.02. The predicted molar refractivity (Wildman–Crippen MR) is 139 cm³/mol. The molecule has 0 saturated carbocycles. The molecule has 0 bridgehead atoms. The summed E-state index contributed by atoms with van der Waals surface area (Å²) in [6.07, 6.45) is 5.81. The van der Waals surface area contributed by atoms with Crippen molar-refractivity contribution < 1.29 is 0 Å². The number of nitrogen functional groups attached to an aromatic ring is 1. The Labute approximate surface area is 192 Å². The van der Waals surface area contributed by atoms with Crippen molar-refractivity contribution in [2.75, 3.05) is 11.1 Å². The second kappa shape index (κ2) is 8.63. The third-order valence-corrected chi connectivity index (χ3v) is 5.87. The van der Waals surface area contributed by atoms with E-state index in [2.05, 4.69) is 99.9 Å². The zero-order chi connectivity index (χ0) is 22.8. The molecule has 0 aliphatic carbocycles. The zero-order valence-electron chi connectivity index (χ0n) is 18.3. The number of anilines is 2. The van der Waals surface area contributed by atoms with Gasteiger partial charge in [-0.25, -0.2) is 4.98 Å². The van der Waals surface area contributed by atoms with Gasteiger partial charge in [0, 0.05) is 30.2 Å². The van der Waals surface area contributed by atoms with Gasteiger partial charge in [-0.2, -0.15) is 4.98 Å². The van der Waals surface area contributed by atoms with Crippen LogP contribution >= 0.6 is 0 Å². The Morgan fingerprint density at radius 3 is 2.15 bits per heavy atom. The van der Waals surface area contributed by atoms with E-state index in [4.69, 9.17) is 5.73 Å². The lowest BCUT2D eigenvalue weighted by atomic mass is 10.1. The summed E-state index contributed by atoms with van der Waals surface area (Å²) < 4.78 is 2.24. The summed E-state index contributed by atoms with van der Waals surface area (Å²) in [5.74, 6) is 0.997. The number of rotatable bonds is 7. The highest BCUT2D eigenvalue weighted by Gasteiger charge is 2.13. The van der Waals surface area contributed by atoms with Gasteiger partial charge in [0.05, 0.1) is 10.9 Å². The Hall–Kier alpha value is -4.38. The highest BCUT2D eigenvalue weighted by atomic mass is 15.1. The summed E-state index contributed by atoms with van der Waals surface area (Å²) in [5.41, 5.74) is 12.6. The lowest BCUT2D eigenvalue weighted by molar-refractivity contribution is 0.837. The van der Waals surface area contributed by atoms with Gasteiger partial charge in [-0.1, -0.05) is 73.8 Å². The molecule has 3 aromatic carbocycles. The van der Waals surface area contributed by atoms with E-state index < -0.39 is 0 Å². The van der Waals surface area contributed by atoms with Crippen LogP contribution < -0.4 is 11.1 Å². The van der Waals surface area contributed by atoms with Crippen LogP contribution in [0, 0.1) is 0 Å². The van der Waals surface area contributed by atoms with E-state index in [9.17, 15) is 0 Å². The van der Waals surface area contributed by atoms with Crippen molar-refractivity contribution in [3.63, 3.8) is 0 Å². The van der Waals surface area contributed by atoms with Gasteiger partial charge in [0.2, 0.25) is 5.95 Å². The fourth-order valence-corrected chi connectivity index (χ4v) is 4.10. The van der Waals surface area contributed by atoms with E-state index >= 15 is 0 Å². The number of nitrogens with one attached hydrogen (secondary N) is 1. The van der Waals surface area contributed by atoms with E-state index in [0.717, 1.165) is 50.9 Å². The van der Waals surface area contributed by atoms with Crippen LogP contribution in [-0.4, -0.2) is 14.5 Å². The van der Waals surface area contributed by atoms with Gasteiger partial charge in [-0.3, -0.25) is 0 Å². The van der Waals surface area contributed by atoms with Crippen molar-refractivity contribution in [1.29, 1.82) is 0 Å². The van der Waals surface area contributed by atoms with Crippen LogP contribution in [0.1, 0.15) is 22.3 Å². The Bertz CT molecular complexity index is 1460. The summed E-state index contributed by atoms with van der Waals surface area (Å²) in [4.78, 5) is 9.01. The van der Waals surface area contributed by atoms with Crippen LogP contribution in [-0.2, 0) is 13.1 Å². The van der Waals surface area contributed by atoms with Crippen LogP contribution in [0.15, 0.2) is 86.1 Å². The van der Waals surface area contributed by atoms with Crippen molar-refractivity contribution in [2.24, 2.45) is 0 Å². The Balaban J connectivity index is 1.51. The standard InChI is InChI=1S/C28H25N5/c1-3-19-5-9-21(10-6-19)17-30-27-26-23-15-16-33(18-22-11-7-20(4-2)8-12-22)25(23)14-13-24(26)31-28(29)32-27/h3-16H,1-2,17-18H2,(H3,29,30,31,32). The average Bonchev–Trinajstić information content (AvgIpc) is 3.25. The molecule has 0 amide bonds. The molecule has 0 unspecified atom stereocenters. The number of nitrogens with two attached hydrogens (primary N) is 1. The van der Waals surface area contributed by atoms with Gasteiger partial charge in [0.1, 0.15) is 5.82 Å². The minimum atomic E-state index is 0.257. The van der Waals surface area contributed by atoms with E-state index in [0.29, 0.717) is 6.54 Å². The monoisotopic (exact) mass is 431 g/mol. The molecule has 33 heavy (non-hydrogen) atoms. The molecule has 2 heterocycles.